The standard InChI is InChI=1S/C11H15ClN2/c12-9-3-4-10(13)11(7-9)14-6-5-8-1-2-8/h3-4,7-8,14H,1-2,5-6,13H2. The lowest BCUT2D eigenvalue weighted by Gasteiger charge is -2.08. The third-order valence-electron chi connectivity index (χ3n) is 2.58. The van der Waals surface area contributed by atoms with Crippen molar-refractivity contribution in [3.8, 4) is 0 Å². The fourth-order valence-electron chi connectivity index (χ4n) is 1.50. The number of anilines is 2. The third kappa shape index (κ3) is 2.55. The van der Waals surface area contributed by atoms with Crippen molar-refractivity contribution < 1.29 is 0 Å². The molecule has 0 aromatic heterocycles. The smallest absolute Gasteiger partial charge is 0.0588 e. The van der Waals surface area contributed by atoms with E-state index in [0.29, 0.717) is 0 Å². The van der Waals surface area contributed by atoms with Gasteiger partial charge in [0.2, 0.25) is 0 Å². The van der Waals surface area contributed by atoms with Crippen LogP contribution in [0.4, 0.5) is 11.4 Å². The molecule has 0 heterocycles. The summed E-state index contributed by atoms with van der Waals surface area (Å²) in [6.07, 6.45) is 4.03. The summed E-state index contributed by atoms with van der Waals surface area (Å²) in [5, 5.41) is 4.05. The van der Waals surface area contributed by atoms with Crippen LogP contribution in [0.25, 0.3) is 0 Å². The minimum atomic E-state index is 0.730. The highest BCUT2D eigenvalue weighted by molar-refractivity contribution is 6.31. The van der Waals surface area contributed by atoms with E-state index >= 15 is 0 Å². The number of hydrogen-bond donors (Lipinski definition) is 2. The van der Waals surface area contributed by atoms with E-state index in [-0.39, 0.29) is 0 Å². The number of nitrogen functional groups attached to an aromatic ring is 1. The highest BCUT2D eigenvalue weighted by atomic mass is 35.5. The predicted molar refractivity (Wildman–Crippen MR) is 61.7 cm³/mol. The molecule has 14 heavy (non-hydrogen) atoms. The van der Waals surface area contributed by atoms with E-state index < -0.39 is 0 Å². The number of rotatable bonds is 4. The molecule has 2 rings (SSSR count). The average Bonchev–Trinajstić information content (AvgIpc) is 2.95. The SMILES string of the molecule is Nc1ccc(Cl)cc1NCCC1CC1. The van der Waals surface area contributed by atoms with Crippen LogP contribution in [0.15, 0.2) is 18.2 Å². The Kier molecular flexibility index (Phi) is 2.82. The first-order valence-electron chi connectivity index (χ1n) is 5.04. The number of hydrogen-bond acceptors (Lipinski definition) is 2. The van der Waals surface area contributed by atoms with Crippen LogP contribution in [0.2, 0.25) is 5.02 Å². The zero-order valence-corrected chi connectivity index (χ0v) is 8.85. The van der Waals surface area contributed by atoms with Gasteiger partial charge in [0.15, 0.2) is 0 Å². The Morgan fingerprint density at radius 2 is 2.21 bits per heavy atom. The molecule has 3 heteroatoms. The molecule has 1 saturated carbocycles. The van der Waals surface area contributed by atoms with Crippen molar-refractivity contribution in [2.45, 2.75) is 19.3 Å². The number of halogens is 1. The van der Waals surface area contributed by atoms with Crippen LogP contribution < -0.4 is 11.1 Å². The van der Waals surface area contributed by atoms with Crippen LogP contribution in [-0.2, 0) is 0 Å². The molecule has 1 aliphatic carbocycles. The van der Waals surface area contributed by atoms with Gasteiger partial charge in [-0.15, -0.1) is 0 Å². The molecule has 1 fully saturated rings. The summed E-state index contributed by atoms with van der Waals surface area (Å²) in [7, 11) is 0. The monoisotopic (exact) mass is 210 g/mol. The predicted octanol–water partition coefficient (Wildman–Crippen LogP) is 3.13. The second kappa shape index (κ2) is 4.09. The van der Waals surface area contributed by atoms with Crippen LogP contribution in [0.5, 0.6) is 0 Å². The van der Waals surface area contributed by atoms with E-state index in [2.05, 4.69) is 5.32 Å². The third-order valence-corrected chi connectivity index (χ3v) is 2.82. The molecular weight excluding hydrogens is 196 g/mol. The molecule has 1 aromatic carbocycles. The van der Waals surface area contributed by atoms with Crippen LogP contribution in [-0.4, -0.2) is 6.54 Å². The highest BCUT2D eigenvalue weighted by Gasteiger charge is 2.20. The van der Waals surface area contributed by atoms with Crippen molar-refractivity contribution in [3.63, 3.8) is 0 Å². The zero-order valence-electron chi connectivity index (χ0n) is 8.09. The van der Waals surface area contributed by atoms with E-state index in [0.717, 1.165) is 28.9 Å². The molecule has 0 saturated heterocycles. The van der Waals surface area contributed by atoms with Crippen LogP contribution in [0.1, 0.15) is 19.3 Å². The Morgan fingerprint density at radius 3 is 2.93 bits per heavy atom. The Morgan fingerprint density at radius 1 is 1.43 bits per heavy atom. The van der Waals surface area contributed by atoms with Gasteiger partial charge in [0.1, 0.15) is 0 Å². The first-order valence-corrected chi connectivity index (χ1v) is 5.42. The minimum Gasteiger partial charge on any atom is -0.397 e. The van der Waals surface area contributed by atoms with Crippen molar-refractivity contribution in [2.75, 3.05) is 17.6 Å². The number of nitrogens with two attached hydrogens (primary N) is 1. The molecule has 0 aliphatic heterocycles. The zero-order chi connectivity index (χ0) is 9.97. The van der Waals surface area contributed by atoms with Gasteiger partial charge in [-0.3, -0.25) is 0 Å². The van der Waals surface area contributed by atoms with Gasteiger partial charge in [-0.2, -0.15) is 0 Å². The van der Waals surface area contributed by atoms with Crippen molar-refractivity contribution >= 4 is 23.0 Å². The first-order chi connectivity index (χ1) is 6.75. The molecule has 3 N–H and O–H groups in total. The fraction of sp³-hybridized carbons (Fsp3) is 0.455. The molecule has 0 atom stereocenters. The van der Waals surface area contributed by atoms with Gasteiger partial charge < -0.3 is 11.1 Å². The van der Waals surface area contributed by atoms with Gasteiger partial charge in [0, 0.05) is 11.6 Å². The lowest BCUT2D eigenvalue weighted by atomic mass is 10.2. The van der Waals surface area contributed by atoms with Gasteiger partial charge in [-0.1, -0.05) is 24.4 Å². The van der Waals surface area contributed by atoms with E-state index in [1.807, 2.05) is 18.2 Å². The van der Waals surface area contributed by atoms with E-state index in [1.165, 1.54) is 19.3 Å². The molecule has 0 bridgehead atoms. The Bertz CT molecular complexity index is 321. The van der Waals surface area contributed by atoms with Crippen molar-refractivity contribution in [2.24, 2.45) is 5.92 Å². The summed E-state index contributed by atoms with van der Waals surface area (Å²) in [6, 6.07) is 5.52. The molecule has 76 valence electrons. The van der Waals surface area contributed by atoms with Gasteiger partial charge >= 0.3 is 0 Å². The van der Waals surface area contributed by atoms with E-state index in [4.69, 9.17) is 17.3 Å². The lowest BCUT2D eigenvalue weighted by molar-refractivity contribution is 0.760. The largest absolute Gasteiger partial charge is 0.397 e. The van der Waals surface area contributed by atoms with Crippen molar-refractivity contribution in [1.82, 2.24) is 0 Å². The first kappa shape index (κ1) is 9.66. The van der Waals surface area contributed by atoms with Crippen molar-refractivity contribution in [1.29, 1.82) is 0 Å². The van der Waals surface area contributed by atoms with E-state index in [9.17, 15) is 0 Å². The van der Waals surface area contributed by atoms with Gasteiger partial charge in [0.05, 0.1) is 11.4 Å². The maximum absolute atomic E-state index is 5.88. The number of nitrogens with one attached hydrogen (secondary N) is 1. The minimum absolute atomic E-state index is 0.730. The second-order valence-corrected chi connectivity index (χ2v) is 4.33. The van der Waals surface area contributed by atoms with E-state index in [1.54, 1.807) is 0 Å². The van der Waals surface area contributed by atoms with Crippen LogP contribution in [0, 0.1) is 5.92 Å². The number of benzene rings is 1. The summed E-state index contributed by atoms with van der Waals surface area (Å²) < 4.78 is 0. The van der Waals surface area contributed by atoms with Gasteiger partial charge in [-0.05, 0) is 30.5 Å². The Labute approximate surface area is 89.4 Å². The summed E-state index contributed by atoms with van der Waals surface area (Å²) in [5.74, 6) is 0.947. The van der Waals surface area contributed by atoms with Crippen LogP contribution >= 0.6 is 11.6 Å². The Balaban J connectivity index is 1.89. The molecule has 0 radical (unpaired) electrons. The summed E-state index contributed by atoms with van der Waals surface area (Å²) >= 11 is 5.88. The molecule has 2 nitrogen and oxygen atoms in total. The van der Waals surface area contributed by atoms with Gasteiger partial charge in [-0.25, -0.2) is 0 Å². The summed E-state index contributed by atoms with van der Waals surface area (Å²) in [6.45, 7) is 0.995. The van der Waals surface area contributed by atoms with Gasteiger partial charge in [0.25, 0.3) is 0 Å². The quantitative estimate of drug-likeness (QED) is 0.750. The molecule has 1 aromatic rings. The molecule has 0 spiro atoms. The topological polar surface area (TPSA) is 38.0 Å². The second-order valence-electron chi connectivity index (χ2n) is 3.89. The normalized spacial score (nSPS) is 15.5. The molecule has 0 unspecified atom stereocenters. The molecule has 1 aliphatic rings. The Hall–Kier alpha value is -0.890. The molecular formula is C11H15ClN2. The highest BCUT2D eigenvalue weighted by Crippen LogP contribution is 2.32. The molecule has 0 amide bonds. The fourth-order valence-corrected chi connectivity index (χ4v) is 1.67. The maximum atomic E-state index is 5.88. The maximum Gasteiger partial charge on any atom is 0.0588 e. The van der Waals surface area contributed by atoms with Crippen molar-refractivity contribution in [3.05, 3.63) is 23.2 Å². The lowest BCUT2D eigenvalue weighted by Crippen LogP contribution is -2.04. The average molecular weight is 211 g/mol. The summed E-state index contributed by atoms with van der Waals surface area (Å²) in [4.78, 5) is 0. The van der Waals surface area contributed by atoms with Crippen LogP contribution in [0.3, 0.4) is 0 Å². The summed E-state index contributed by atoms with van der Waals surface area (Å²) in [5.41, 5.74) is 7.53.